The summed E-state index contributed by atoms with van der Waals surface area (Å²) in [6, 6.07) is 8.48. The standard InChI is InChI=1S/C20H24N4O2/c1-4-12-23(13-5-2)20(26)16(3)22-19(25)18-9-7-17(8-10-18)15-24-14-6-11-21-24/h4-11,14,16H,1-2,12-13,15H2,3H3,(H,22,25). The molecule has 2 amide bonds. The molecule has 1 aromatic carbocycles. The SMILES string of the molecule is C=CCN(CC=C)C(=O)C(C)NC(=O)c1ccc(Cn2cccn2)cc1. The Morgan fingerprint density at radius 1 is 1.23 bits per heavy atom. The van der Waals surface area contributed by atoms with Crippen LogP contribution in [0.3, 0.4) is 0 Å². The van der Waals surface area contributed by atoms with E-state index in [4.69, 9.17) is 0 Å². The van der Waals surface area contributed by atoms with Gasteiger partial charge in [-0.05, 0) is 30.7 Å². The Balaban J connectivity index is 1.96. The van der Waals surface area contributed by atoms with Crippen LogP contribution in [0.25, 0.3) is 0 Å². The highest BCUT2D eigenvalue weighted by Crippen LogP contribution is 2.07. The maximum atomic E-state index is 12.4. The van der Waals surface area contributed by atoms with E-state index in [-0.39, 0.29) is 11.8 Å². The first-order chi connectivity index (χ1) is 12.5. The number of carbonyl (C=O) groups is 2. The second-order valence-electron chi connectivity index (χ2n) is 5.92. The molecule has 136 valence electrons. The Morgan fingerprint density at radius 2 is 1.88 bits per heavy atom. The minimum Gasteiger partial charge on any atom is -0.341 e. The van der Waals surface area contributed by atoms with Crippen LogP contribution in [0.5, 0.6) is 0 Å². The van der Waals surface area contributed by atoms with E-state index >= 15 is 0 Å². The van der Waals surface area contributed by atoms with E-state index in [0.717, 1.165) is 5.56 Å². The Hall–Kier alpha value is -3.15. The van der Waals surface area contributed by atoms with Gasteiger partial charge in [0, 0.05) is 31.0 Å². The highest BCUT2D eigenvalue weighted by atomic mass is 16.2. The lowest BCUT2D eigenvalue weighted by Crippen LogP contribution is -2.47. The topological polar surface area (TPSA) is 67.2 Å². The van der Waals surface area contributed by atoms with Gasteiger partial charge in [0.05, 0.1) is 6.54 Å². The summed E-state index contributed by atoms with van der Waals surface area (Å²) >= 11 is 0. The van der Waals surface area contributed by atoms with Crippen molar-refractivity contribution in [1.82, 2.24) is 20.0 Å². The van der Waals surface area contributed by atoms with Gasteiger partial charge in [0.1, 0.15) is 6.04 Å². The van der Waals surface area contributed by atoms with E-state index in [0.29, 0.717) is 25.2 Å². The zero-order chi connectivity index (χ0) is 18.9. The fourth-order valence-electron chi connectivity index (χ4n) is 2.52. The summed E-state index contributed by atoms with van der Waals surface area (Å²) in [5.41, 5.74) is 1.55. The Morgan fingerprint density at radius 3 is 2.42 bits per heavy atom. The molecule has 0 saturated carbocycles. The maximum absolute atomic E-state index is 12.4. The van der Waals surface area contributed by atoms with Crippen LogP contribution in [-0.4, -0.2) is 45.6 Å². The lowest BCUT2D eigenvalue weighted by molar-refractivity contribution is -0.131. The van der Waals surface area contributed by atoms with Crippen molar-refractivity contribution in [2.45, 2.75) is 19.5 Å². The predicted octanol–water partition coefficient (Wildman–Crippen LogP) is 2.25. The summed E-state index contributed by atoms with van der Waals surface area (Å²) in [4.78, 5) is 26.4. The Kier molecular flexibility index (Phi) is 6.91. The summed E-state index contributed by atoms with van der Waals surface area (Å²) in [5.74, 6) is -0.456. The zero-order valence-corrected chi connectivity index (χ0v) is 15.0. The third-order valence-corrected chi connectivity index (χ3v) is 3.85. The number of rotatable bonds is 9. The molecule has 0 saturated heterocycles. The van der Waals surface area contributed by atoms with Gasteiger partial charge >= 0.3 is 0 Å². The molecule has 2 aromatic rings. The van der Waals surface area contributed by atoms with Crippen LogP contribution in [-0.2, 0) is 11.3 Å². The van der Waals surface area contributed by atoms with Crippen molar-refractivity contribution in [1.29, 1.82) is 0 Å². The maximum Gasteiger partial charge on any atom is 0.251 e. The van der Waals surface area contributed by atoms with Gasteiger partial charge in [-0.1, -0.05) is 24.3 Å². The van der Waals surface area contributed by atoms with Gasteiger partial charge in [0.15, 0.2) is 0 Å². The van der Waals surface area contributed by atoms with Crippen LogP contribution >= 0.6 is 0 Å². The fourth-order valence-corrected chi connectivity index (χ4v) is 2.52. The molecule has 0 aliphatic heterocycles. The number of amides is 2. The molecule has 6 nitrogen and oxygen atoms in total. The molecule has 1 atom stereocenters. The van der Waals surface area contributed by atoms with Crippen molar-refractivity contribution in [3.8, 4) is 0 Å². The molecule has 1 aromatic heterocycles. The molecule has 0 fully saturated rings. The molecule has 0 spiro atoms. The number of benzene rings is 1. The lowest BCUT2D eigenvalue weighted by Gasteiger charge is -2.23. The van der Waals surface area contributed by atoms with Crippen LogP contribution in [0.4, 0.5) is 0 Å². The highest BCUT2D eigenvalue weighted by molar-refractivity contribution is 5.97. The molecule has 0 radical (unpaired) electrons. The number of hydrogen-bond acceptors (Lipinski definition) is 3. The highest BCUT2D eigenvalue weighted by Gasteiger charge is 2.21. The molecule has 1 N–H and O–H groups in total. The second kappa shape index (κ2) is 9.36. The summed E-state index contributed by atoms with van der Waals surface area (Å²) in [5, 5.41) is 6.90. The number of nitrogens with zero attached hydrogens (tertiary/aromatic N) is 3. The average Bonchev–Trinajstić information content (AvgIpc) is 3.14. The first-order valence-electron chi connectivity index (χ1n) is 8.43. The summed E-state index contributed by atoms with van der Waals surface area (Å²) in [6.07, 6.45) is 6.90. The van der Waals surface area contributed by atoms with Crippen molar-refractivity contribution >= 4 is 11.8 Å². The molecule has 26 heavy (non-hydrogen) atoms. The second-order valence-corrected chi connectivity index (χ2v) is 5.92. The Labute approximate surface area is 153 Å². The predicted molar refractivity (Wildman–Crippen MR) is 102 cm³/mol. The summed E-state index contributed by atoms with van der Waals surface area (Å²) in [6.45, 7) is 10.4. The van der Waals surface area contributed by atoms with Crippen LogP contribution in [0.15, 0.2) is 68.0 Å². The molecule has 2 rings (SSSR count). The van der Waals surface area contributed by atoms with Gasteiger partial charge in [0.25, 0.3) is 5.91 Å². The van der Waals surface area contributed by atoms with Gasteiger partial charge in [-0.25, -0.2) is 0 Å². The van der Waals surface area contributed by atoms with E-state index in [1.54, 1.807) is 42.3 Å². The molecule has 6 heteroatoms. The van der Waals surface area contributed by atoms with Gasteiger partial charge in [-0.15, -0.1) is 13.2 Å². The first kappa shape index (κ1) is 19.2. The van der Waals surface area contributed by atoms with Crippen LogP contribution in [0.2, 0.25) is 0 Å². The van der Waals surface area contributed by atoms with Crippen molar-refractivity contribution in [2.24, 2.45) is 0 Å². The molecule has 1 heterocycles. The molecule has 0 aliphatic carbocycles. The number of nitrogens with one attached hydrogen (secondary N) is 1. The van der Waals surface area contributed by atoms with E-state index in [1.165, 1.54) is 0 Å². The molecular weight excluding hydrogens is 328 g/mol. The summed E-state index contributed by atoms with van der Waals surface area (Å²) in [7, 11) is 0. The minimum absolute atomic E-state index is 0.173. The fraction of sp³-hybridized carbons (Fsp3) is 0.250. The van der Waals surface area contributed by atoms with Crippen LogP contribution in [0.1, 0.15) is 22.8 Å². The number of hydrogen-bond donors (Lipinski definition) is 1. The molecule has 0 bridgehead atoms. The number of carbonyl (C=O) groups excluding carboxylic acids is 2. The summed E-state index contributed by atoms with van der Waals surface area (Å²) < 4.78 is 1.81. The quantitative estimate of drug-likeness (QED) is 0.704. The zero-order valence-electron chi connectivity index (χ0n) is 15.0. The van der Waals surface area contributed by atoms with Gasteiger partial charge in [-0.2, -0.15) is 5.10 Å². The molecule has 1 unspecified atom stereocenters. The third-order valence-electron chi connectivity index (χ3n) is 3.85. The van der Waals surface area contributed by atoms with Crippen molar-refractivity contribution in [3.05, 3.63) is 79.2 Å². The van der Waals surface area contributed by atoms with Crippen LogP contribution < -0.4 is 5.32 Å². The largest absolute Gasteiger partial charge is 0.341 e. The normalized spacial score (nSPS) is 11.4. The third kappa shape index (κ3) is 5.17. The van der Waals surface area contributed by atoms with Gasteiger partial charge in [0.2, 0.25) is 5.91 Å². The van der Waals surface area contributed by atoms with E-state index in [9.17, 15) is 9.59 Å². The van der Waals surface area contributed by atoms with Gasteiger partial charge < -0.3 is 10.2 Å². The average molecular weight is 352 g/mol. The molecular formula is C20H24N4O2. The Bertz CT molecular complexity index is 741. The van der Waals surface area contributed by atoms with Crippen LogP contribution in [0, 0.1) is 0 Å². The van der Waals surface area contributed by atoms with E-state index in [2.05, 4.69) is 23.6 Å². The van der Waals surface area contributed by atoms with Gasteiger partial charge in [-0.3, -0.25) is 14.3 Å². The lowest BCUT2D eigenvalue weighted by atomic mass is 10.1. The smallest absolute Gasteiger partial charge is 0.251 e. The van der Waals surface area contributed by atoms with Crippen molar-refractivity contribution in [2.75, 3.05) is 13.1 Å². The number of aromatic nitrogens is 2. The van der Waals surface area contributed by atoms with Crippen molar-refractivity contribution in [3.63, 3.8) is 0 Å². The van der Waals surface area contributed by atoms with E-state index < -0.39 is 6.04 Å². The molecule has 0 aliphatic rings. The monoisotopic (exact) mass is 352 g/mol. The first-order valence-corrected chi connectivity index (χ1v) is 8.43. The van der Waals surface area contributed by atoms with E-state index in [1.807, 2.05) is 29.1 Å². The minimum atomic E-state index is -0.633. The van der Waals surface area contributed by atoms with Crippen molar-refractivity contribution < 1.29 is 9.59 Å².